The van der Waals surface area contributed by atoms with Gasteiger partial charge < -0.3 is 5.32 Å². The van der Waals surface area contributed by atoms with Crippen molar-refractivity contribution in [1.82, 2.24) is 5.32 Å². The molecule has 5 heteroatoms. The Morgan fingerprint density at radius 1 is 1.56 bits per heavy atom. The molecule has 0 aliphatic heterocycles. The molecule has 0 aliphatic rings. The molecule has 0 saturated heterocycles. The van der Waals surface area contributed by atoms with Gasteiger partial charge in [0.05, 0.1) is 4.92 Å². The van der Waals surface area contributed by atoms with Gasteiger partial charge >= 0.3 is 5.69 Å². The lowest BCUT2D eigenvalue weighted by Crippen LogP contribution is -2.15. The summed E-state index contributed by atoms with van der Waals surface area (Å²) in [5, 5.41) is 13.5. The lowest BCUT2D eigenvalue weighted by Gasteiger charge is -2.04. The Balaban J connectivity index is 2.69. The third kappa shape index (κ3) is 3.13. The molecule has 0 atom stereocenters. The van der Waals surface area contributed by atoms with Crippen LogP contribution in [0, 0.1) is 15.9 Å². The average molecular weight is 224 g/mol. The molecule has 16 heavy (non-hydrogen) atoms. The summed E-state index contributed by atoms with van der Waals surface area (Å²) in [5.74, 6) is -0.765. The third-order valence-electron chi connectivity index (χ3n) is 2.10. The van der Waals surface area contributed by atoms with Crippen molar-refractivity contribution in [2.24, 2.45) is 0 Å². The van der Waals surface area contributed by atoms with Gasteiger partial charge in [0.15, 0.2) is 0 Å². The zero-order valence-electron chi connectivity index (χ0n) is 8.78. The molecule has 4 nitrogen and oxygen atoms in total. The van der Waals surface area contributed by atoms with E-state index in [0.29, 0.717) is 12.1 Å². The maximum Gasteiger partial charge on any atom is 0.305 e. The molecular formula is C11H13FN2O2. The molecular weight excluding hydrogens is 211 g/mol. The van der Waals surface area contributed by atoms with Crippen LogP contribution in [0.1, 0.15) is 12.0 Å². The molecule has 86 valence electrons. The normalized spacial score (nSPS) is 10.1. The van der Waals surface area contributed by atoms with Crippen LogP contribution in [0.4, 0.5) is 10.1 Å². The fraction of sp³-hybridized carbons (Fsp3) is 0.273. The van der Waals surface area contributed by atoms with E-state index >= 15 is 0 Å². The van der Waals surface area contributed by atoms with Crippen LogP contribution < -0.4 is 5.32 Å². The minimum atomic E-state index is -0.765. The minimum Gasteiger partial charge on any atom is -0.312 e. The number of halogens is 1. The van der Waals surface area contributed by atoms with Crippen LogP contribution in [-0.4, -0.2) is 11.5 Å². The number of rotatable bonds is 6. The van der Waals surface area contributed by atoms with Gasteiger partial charge in [-0.25, -0.2) is 0 Å². The second kappa shape index (κ2) is 5.97. The number of nitrogens with one attached hydrogen (secondary N) is 1. The van der Waals surface area contributed by atoms with Crippen LogP contribution in [0.3, 0.4) is 0 Å². The molecule has 0 unspecified atom stereocenters. The van der Waals surface area contributed by atoms with Crippen molar-refractivity contribution < 1.29 is 9.31 Å². The molecule has 0 radical (unpaired) electrons. The highest BCUT2D eigenvalue weighted by atomic mass is 19.1. The molecule has 0 amide bonds. The number of hydrogen-bond donors (Lipinski definition) is 1. The first-order valence-corrected chi connectivity index (χ1v) is 4.90. The molecule has 1 aromatic carbocycles. The Labute approximate surface area is 92.9 Å². The van der Waals surface area contributed by atoms with Gasteiger partial charge in [-0.2, -0.15) is 4.39 Å². The predicted molar refractivity (Wildman–Crippen MR) is 59.6 cm³/mol. The molecule has 0 bridgehead atoms. The Morgan fingerprint density at radius 2 is 2.31 bits per heavy atom. The van der Waals surface area contributed by atoms with E-state index in [0.717, 1.165) is 12.5 Å². The van der Waals surface area contributed by atoms with Gasteiger partial charge in [-0.1, -0.05) is 18.2 Å². The van der Waals surface area contributed by atoms with Crippen LogP contribution >= 0.6 is 0 Å². The Morgan fingerprint density at radius 3 is 2.94 bits per heavy atom. The summed E-state index contributed by atoms with van der Waals surface area (Å²) in [6.45, 7) is 4.51. The third-order valence-corrected chi connectivity index (χ3v) is 2.10. The molecule has 1 aromatic rings. The summed E-state index contributed by atoms with van der Waals surface area (Å²) in [7, 11) is 0. The smallest absolute Gasteiger partial charge is 0.305 e. The van der Waals surface area contributed by atoms with Gasteiger partial charge in [-0.05, 0) is 13.0 Å². The number of nitrogens with zero attached hydrogens (tertiary/aromatic N) is 1. The Hall–Kier alpha value is -1.75. The summed E-state index contributed by atoms with van der Waals surface area (Å²) in [6.07, 6.45) is 2.52. The second-order valence-electron chi connectivity index (χ2n) is 3.26. The average Bonchev–Trinajstić information content (AvgIpc) is 2.26. The summed E-state index contributed by atoms with van der Waals surface area (Å²) >= 11 is 0. The molecule has 0 saturated carbocycles. The van der Waals surface area contributed by atoms with Gasteiger partial charge in [-0.15, -0.1) is 6.58 Å². The highest BCUT2D eigenvalue weighted by molar-refractivity contribution is 5.36. The molecule has 1 N–H and O–H groups in total. The van der Waals surface area contributed by atoms with E-state index in [1.165, 1.54) is 12.1 Å². The van der Waals surface area contributed by atoms with Crippen LogP contribution in [0.25, 0.3) is 0 Å². The molecule has 0 heterocycles. The Kier molecular flexibility index (Phi) is 4.60. The van der Waals surface area contributed by atoms with Crippen LogP contribution in [0.5, 0.6) is 0 Å². The van der Waals surface area contributed by atoms with Crippen molar-refractivity contribution in [2.75, 3.05) is 6.54 Å². The van der Waals surface area contributed by atoms with Crippen molar-refractivity contribution in [1.29, 1.82) is 0 Å². The maximum absolute atomic E-state index is 13.5. The van der Waals surface area contributed by atoms with Crippen LogP contribution in [-0.2, 0) is 6.54 Å². The first-order chi connectivity index (χ1) is 7.66. The fourth-order valence-corrected chi connectivity index (χ4v) is 1.27. The fourth-order valence-electron chi connectivity index (χ4n) is 1.27. The van der Waals surface area contributed by atoms with E-state index in [1.807, 2.05) is 0 Å². The first-order valence-electron chi connectivity index (χ1n) is 4.90. The van der Waals surface area contributed by atoms with Gasteiger partial charge in [0.1, 0.15) is 0 Å². The summed E-state index contributed by atoms with van der Waals surface area (Å²) in [4.78, 5) is 9.76. The molecule has 0 spiro atoms. The highest BCUT2D eigenvalue weighted by Gasteiger charge is 2.16. The van der Waals surface area contributed by atoms with Crippen molar-refractivity contribution in [3.05, 3.63) is 52.3 Å². The molecule has 0 aliphatic carbocycles. The number of nitro groups is 1. The summed E-state index contributed by atoms with van der Waals surface area (Å²) < 4.78 is 13.5. The standard InChI is InChI=1S/C11H13FN2O2/c1-2-3-7-13-8-9-5-4-6-10(11(9)12)14(15)16/h2,4-6,13H,1,3,7-8H2. The minimum absolute atomic E-state index is 0.279. The second-order valence-corrected chi connectivity index (χ2v) is 3.26. The monoisotopic (exact) mass is 224 g/mol. The molecule has 0 aromatic heterocycles. The van der Waals surface area contributed by atoms with E-state index < -0.39 is 16.4 Å². The van der Waals surface area contributed by atoms with Crippen molar-refractivity contribution in [3.8, 4) is 0 Å². The molecule has 0 fully saturated rings. The SMILES string of the molecule is C=CCCNCc1cccc([N+](=O)[O-])c1F. The summed E-state index contributed by atoms with van der Waals surface area (Å²) in [5.41, 5.74) is -0.179. The largest absolute Gasteiger partial charge is 0.312 e. The van der Waals surface area contributed by atoms with Crippen molar-refractivity contribution in [2.45, 2.75) is 13.0 Å². The van der Waals surface area contributed by atoms with Gasteiger partial charge in [0.2, 0.25) is 5.82 Å². The predicted octanol–water partition coefficient (Wildman–Crippen LogP) is 2.40. The topological polar surface area (TPSA) is 55.2 Å². The first kappa shape index (κ1) is 12.3. The lowest BCUT2D eigenvalue weighted by molar-refractivity contribution is -0.387. The van der Waals surface area contributed by atoms with E-state index in [9.17, 15) is 14.5 Å². The number of nitro benzene ring substituents is 1. The lowest BCUT2D eigenvalue weighted by atomic mass is 10.2. The molecule has 1 rings (SSSR count). The van der Waals surface area contributed by atoms with Crippen LogP contribution in [0.2, 0.25) is 0 Å². The van der Waals surface area contributed by atoms with Crippen molar-refractivity contribution >= 4 is 5.69 Å². The highest BCUT2D eigenvalue weighted by Crippen LogP contribution is 2.19. The number of hydrogen-bond acceptors (Lipinski definition) is 3. The van der Waals surface area contributed by atoms with E-state index in [1.54, 1.807) is 6.08 Å². The van der Waals surface area contributed by atoms with E-state index in [2.05, 4.69) is 11.9 Å². The van der Waals surface area contributed by atoms with Gasteiger partial charge in [0, 0.05) is 18.2 Å². The quantitative estimate of drug-likeness (QED) is 0.349. The van der Waals surface area contributed by atoms with Crippen molar-refractivity contribution in [3.63, 3.8) is 0 Å². The van der Waals surface area contributed by atoms with E-state index in [4.69, 9.17) is 0 Å². The Bertz CT molecular complexity index is 394. The maximum atomic E-state index is 13.5. The van der Waals surface area contributed by atoms with E-state index in [-0.39, 0.29) is 6.54 Å². The van der Waals surface area contributed by atoms with Crippen LogP contribution in [0.15, 0.2) is 30.9 Å². The van der Waals surface area contributed by atoms with Gasteiger partial charge in [0.25, 0.3) is 0 Å². The van der Waals surface area contributed by atoms with Gasteiger partial charge in [-0.3, -0.25) is 10.1 Å². The number of benzene rings is 1. The zero-order chi connectivity index (χ0) is 12.0. The zero-order valence-corrected chi connectivity index (χ0v) is 8.78. The summed E-state index contributed by atoms with van der Waals surface area (Å²) in [6, 6.07) is 4.16.